The molecule has 0 saturated carbocycles. The summed E-state index contributed by atoms with van der Waals surface area (Å²) in [4.78, 5) is 7.08. The number of hydrazine groups is 1. The molecule has 0 aliphatic heterocycles. The molecule has 0 fully saturated rings. The van der Waals surface area contributed by atoms with Crippen LogP contribution in [0.25, 0.3) is 11.0 Å². The van der Waals surface area contributed by atoms with Crippen LogP contribution in [0.3, 0.4) is 0 Å². The first-order chi connectivity index (χ1) is 5.42. The van der Waals surface area contributed by atoms with Gasteiger partial charge in [-0.1, -0.05) is 6.07 Å². The van der Waals surface area contributed by atoms with Crippen molar-refractivity contribution >= 4 is 41.5 Å². The van der Waals surface area contributed by atoms with Crippen molar-refractivity contribution in [3.05, 3.63) is 24.5 Å². The molecule has 0 unspecified atom stereocenters. The Kier molecular flexibility index (Phi) is 4.55. The van der Waals surface area contributed by atoms with Gasteiger partial charge in [0.1, 0.15) is 5.52 Å². The minimum atomic E-state index is 0. The molecule has 0 saturated heterocycles. The lowest BCUT2D eigenvalue weighted by Crippen LogP contribution is -2.06. The Morgan fingerprint density at radius 1 is 1.31 bits per heavy atom. The Morgan fingerprint density at radius 2 is 2.08 bits per heavy atom. The fourth-order valence-electron chi connectivity index (χ4n) is 1.08. The molecule has 1 aromatic carbocycles. The number of H-pyrrole nitrogens is 1. The number of anilines is 1. The second-order valence-electron chi connectivity index (χ2n) is 2.25. The number of aromatic nitrogens is 2. The maximum absolute atomic E-state index is 5.27. The van der Waals surface area contributed by atoms with Gasteiger partial charge in [-0.15, -0.1) is 24.8 Å². The molecule has 0 aliphatic carbocycles. The first kappa shape index (κ1) is 12.0. The largest absolute Gasteiger partial charge is 0.345 e. The van der Waals surface area contributed by atoms with Gasteiger partial charge in [-0.3, -0.25) is 5.84 Å². The van der Waals surface area contributed by atoms with Gasteiger partial charge in [-0.2, -0.15) is 0 Å². The number of fused-ring (bicyclic) bond motifs is 1. The lowest BCUT2D eigenvalue weighted by Gasteiger charge is -1.98. The lowest BCUT2D eigenvalue weighted by molar-refractivity contribution is 1.33. The molecule has 6 heteroatoms. The molecule has 0 spiro atoms. The van der Waals surface area contributed by atoms with Gasteiger partial charge in [-0.05, 0) is 12.1 Å². The minimum absolute atomic E-state index is 0. The molecule has 13 heavy (non-hydrogen) atoms. The third kappa shape index (κ3) is 2.03. The third-order valence-corrected chi connectivity index (χ3v) is 1.61. The number of halogens is 2. The average Bonchev–Trinajstić information content (AvgIpc) is 2.50. The summed E-state index contributed by atoms with van der Waals surface area (Å²) in [6.07, 6.45) is 1.64. The van der Waals surface area contributed by atoms with Crippen molar-refractivity contribution in [3.63, 3.8) is 0 Å². The zero-order valence-electron chi connectivity index (χ0n) is 6.65. The standard InChI is InChI=1S/C7H8N4.2ClH/c8-11-6-3-1-2-5-7(6)10-4-9-5;;/h1-4,11H,8H2,(H,9,10);2*1H. The number of aromatic amines is 1. The summed E-state index contributed by atoms with van der Waals surface area (Å²) in [6.45, 7) is 0. The van der Waals surface area contributed by atoms with Crippen molar-refractivity contribution in [2.45, 2.75) is 0 Å². The number of hydrogen-bond donors (Lipinski definition) is 3. The predicted octanol–water partition coefficient (Wildman–Crippen LogP) is 1.69. The fourth-order valence-corrected chi connectivity index (χ4v) is 1.08. The van der Waals surface area contributed by atoms with Crippen molar-refractivity contribution in [3.8, 4) is 0 Å². The van der Waals surface area contributed by atoms with Gasteiger partial charge in [0.25, 0.3) is 0 Å². The first-order valence-corrected chi connectivity index (χ1v) is 3.30. The summed E-state index contributed by atoms with van der Waals surface area (Å²) >= 11 is 0. The summed E-state index contributed by atoms with van der Waals surface area (Å²) in [5, 5.41) is 0. The molecule has 4 nitrogen and oxygen atoms in total. The number of nitrogens with one attached hydrogen (secondary N) is 2. The Labute approximate surface area is 87.7 Å². The Bertz CT molecular complexity index is 373. The molecule has 0 radical (unpaired) electrons. The highest BCUT2D eigenvalue weighted by Crippen LogP contribution is 2.17. The number of nitrogens with two attached hydrogens (primary N) is 1. The van der Waals surface area contributed by atoms with Gasteiger partial charge in [0, 0.05) is 0 Å². The number of benzene rings is 1. The lowest BCUT2D eigenvalue weighted by atomic mass is 10.3. The zero-order chi connectivity index (χ0) is 7.68. The van der Waals surface area contributed by atoms with Crippen LogP contribution in [0.5, 0.6) is 0 Å². The van der Waals surface area contributed by atoms with E-state index in [-0.39, 0.29) is 24.8 Å². The maximum Gasteiger partial charge on any atom is 0.113 e. The highest BCUT2D eigenvalue weighted by Gasteiger charge is 1.98. The fraction of sp³-hybridized carbons (Fsp3) is 0. The van der Waals surface area contributed by atoms with Crippen LogP contribution in [0.15, 0.2) is 24.5 Å². The van der Waals surface area contributed by atoms with Crippen molar-refractivity contribution in [1.82, 2.24) is 9.97 Å². The Hall–Kier alpha value is -0.970. The second kappa shape index (κ2) is 4.91. The van der Waals surface area contributed by atoms with Gasteiger partial charge in [0.05, 0.1) is 17.5 Å². The molecule has 0 amide bonds. The number of imidazole rings is 1. The molecule has 0 atom stereocenters. The van der Waals surface area contributed by atoms with Gasteiger partial charge < -0.3 is 10.4 Å². The molecule has 0 aliphatic rings. The third-order valence-electron chi connectivity index (χ3n) is 1.61. The van der Waals surface area contributed by atoms with Crippen LogP contribution >= 0.6 is 24.8 Å². The number of hydrogen-bond acceptors (Lipinski definition) is 3. The molecular formula is C7H10Cl2N4. The van der Waals surface area contributed by atoms with Gasteiger partial charge in [0.2, 0.25) is 0 Å². The van der Waals surface area contributed by atoms with Crippen molar-refractivity contribution in [2.24, 2.45) is 5.84 Å². The summed E-state index contributed by atoms with van der Waals surface area (Å²) in [5.41, 5.74) is 5.27. The van der Waals surface area contributed by atoms with E-state index in [1.165, 1.54) is 0 Å². The molecule has 2 aromatic rings. The normalized spacial score (nSPS) is 8.69. The molecule has 0 bridgehead atoms. The summed E-state index contributed by atoms with van der Waals surface area (Å²) in [5.74, 6) is 5.27. The van der Waals surface area contributed by atoms with E-state index in [0.29, 0.717) is 0 Å². The van der Waals surface area contributed by atoms with Gasteiger partial charge in [0.15, 0.2) is 0 Å². The molecule has 1 heterocycles. The van der Waals surface area contributed by atoms with E-state index in [1.54, 1.807) is 6.33 Å². The van der Waals surface area contributed by atoms with Crippen LogP contribution < -0.4 is 11.3 Å². The van der Waals surface area contributed by atoms with Crippen LogP contribution in [0.1, 0.15) is 0 Å². The number of rotatable bonds is 1. The van der Waals surface area contributed by atoms with E-state index in [2.05, 4.69) is 15.4 Å². The molecule has 2 rings (SSSR count). The van der Waals surface area contributed by atoms with Crippen LogP contribution in [0.2, 0.25) is 0 Å². The van der Waals surface area contributed by atoms with Crippen LogP contribution in [0.4, 0.5) is 5.69 Å². The first-order valence-electron chi connectivity index (χ1n) is 3.30. The Balaban J connectivity index is 0.000000720. The Morgan fingerprint density at radius 3 is 2.77 bits per heavy atom. The maximum atomic E-state index is 5.27. The average molecular weight is 221 g/mol. The second-order valence-corrected chi connectivity index (χ2v) is 2.25. The van der Waals surface area contributed by atoms with Gasteiger partial charge in [-0.25, -0.2) is 4.98 Å². The number of nitrogen functional groups attached to an aromatic ring is 1. The number of para-hydroxylation sites is 1. The van der Waals surface area contributed by atoms with E-state index in [0.717, 1.165) is 16.7 Å². The van der Waals surface area contributed by atoms with Gasteiger partial charge >= 0.3 is 0 Å². The highest BCUT2D eigenvalue weighted by molar-refractivity contribution is 5.87. The highest BCUT2D eigenvalue weighted by atomic mass is 35.5. The summed E-state index contributed by atoms with van der Waals surface area (Å²) in [7, 11) is 0. The van der Waals surface area contributed by atoms with E-state index in [1.807, 2.05) is 18.2 Å². The van der Waals surface area contributed by atoms with Crippen LogP contribution in [0, 0.1) is 0 Å². The van der Waals surface area contributed by atoms with E-state index in [9.17, 15) is 0 Å². The molecule has 4 N–H and O–H groups in total. The SMILES string of the molecule is Cl.Cl.NNc1cccc2[nH]cnc12. The quantitative estimate of drug-likeness (QED) is 0.507. The predicted molar refractivity (Wildman–Crippen MR) is 58.4 cm³/mol. The minimum Gasteiger partial charge on any atom is -0.345 e. The van der Waals surface area contributed by atoms with E-state index >= 15 is 0 Å². The van der Waals surface area contributed by atoms with Crippen LogP contribution in [-0.2, 0) is 0 Å². The molecule has 1 aromatic heterocycles. The smallest absolute Gasteiger partial charge is 0.113 e. The zero-order valence-corrected chi connectivity index (χ0v) is 8.28. The van der Waals surface area contributed by atoms with E-state index < -0.39 is 0 Å². The van der Waals surface area contributed by atoms with Crippen molar-refractivity contribution in [1.29, 1.82) is 0 Å². The molecular weight excluding hydrogens is 211 g/mol. The topological polar surface area (TPSA) is 66.7 Å². The van der Waals surface area contributed by atoms with Crippen molar-refractivity contribution < 1.29 is 0 Å². The monoisotopic (exact) mass is 220 g/mol. The van der Waals surface area contributed by atoms with Crippen molar-refractivity contribution in [2.75, 3.05) is 5.43 Å². The van der Waals surface area contributed by atoms with E-state index in [4.69, 9.17) is 5.84 Å². The molecule has 72 valence electrons. The van der Waals surface area contributed by atoms with Crippen LogP contribution in [-0.4, -0.2) is 9.97 Å². The summed E-state index contributed by atoms with van der Waals surface area (Å²) in [6, 6.07) is 5.74. The summed E-state index contributed by atoms with van der Waals surface area (Å²) < 4.78 is 0. The number of nitrogens with zero attached hydrogens (tertiary/aromatic N) is 1.